The minimum absolute atomic E-state index is 0.0143. The molecule has 3 rings (SSSR count). The van der Waals surface area contributed by atoms with Gasteiger partial charge in [-0.15, -0.1) is 0 Å². The average Bonchev–Trinajstić information content (AvgIpc) is 2.94. The van der Waals surface area contributed by atoms with E-state index in [0.29, 0.717) is 37.3 Å². The highest BCUT2D eigenvalue weighted by atomic mass is 32.2. The second-order valence-electron chi connectivity index (χ2n) is 6.80. The van der Waals surface area contributed by atoms with Crippen LogP contribution in [0.4, 0.5) is 13.2 Å². The monoisotopic (exact) mass is 402 g/mol. The molecule has 1 fully saturated rings. The van der Waals surface area contributed by atoms with Crippen LogP contribution in [-0.2, 0) is 23.2 Å². The summed E-state index contributed by atoms with van der Waals surface area (Å²) in [4.78, 5) is 7.58. The van der Waals surface area contributed by atoms with Crippen molar-refractivity contribution in [3.8, 4) is 0 Å². The van der Waals surface area contributed by atoms with E-state index in [0.717, 1.165) is 11.6 Å². The first-order chi connectivity index (χ1) is 12.5. The summed E-state index contributed by atoms with van der Waals surface area (Å²) < 4.78 is 66.9. The molecule has 0 spiro atoms. The van der Waals surface area contributed by atoms with Crippen molar-refractivity contribution in [1.82, 2.24) is 18.8 Å². The average molecular weight is 402 g/mol. The normalized spacial score (nSPS) is 17.4. The van der Waals surface area contributed by atoms with E-state index in [1.165, 1.54) is 21.3 Å². The summed E-state index contributed by atoms with van der Waals surface area (Å²) in [6.45, 7) is 3.97. The summed E-state index contributed by atoms with van der Waals surface area (Å²) in [6, 6.07) is 1.05. The quantitative estimate of drug-likeness (QED) is 0.792. The van der Waals surface area contributed by atoms with Crippen LogP contribution in [0.5, 0.6) is 0 Å². The highest BCUT2D eigenvalue weighted by Crippen LogP contribution is 2.34. The molecule has 6 nitrogen and oxygen atoms in total. The lowest BCUT2D eigenvalue weighted by Crippen LogP contribution is -2.38. The van der Waals surface area contributed by atoms with Gasteiger partial charge in [0.15, 0.2) is 5.03 Å². The van der Waals surface area contributed by atoms with Gasteiger partial charge < -0.3 is 4.57 Å². The molecular formula is C17H21F3N4O2S. The number of alkyl halides is 3. The van der Waals surface area contributed by atoms with Crippen LogP contribution in [0, 0.1) is 13.8 Å². The Kier molecular flexibility index (Phi) is 5.06. The minimum Gasteiger partial charge on any atom is -0.321 e. The Balaban J connectivity index is 1.75. The molecule has 0 saturated carbocycles. The summed E-state index contributed by atoms with van der Waals surface area (Å²) in [5.41, 5.74) is 0.368. The van der Waals surface area contributed by atoms with Crippen LogP contribution in [0.2, 0.25) is 0 Å². The smallest absolute Gasteiger partial charge is 0.321 e. The number of piperidine rings is 1. The fourth-order valence-corrected chi connectivity index (χ4v) is 5.03. The fraction of sp³-hybridized carbons (Fsp3) is 0.529. The van der Waals surface area contributed by atoms with E-state index in [1.807, 2.05) is 0 Å². The van der Waals surface area contributed by atoms with Gasteiger partial charge in [-0.1, -0.05) is 0 Å². The van der Waals surface area contributed by atoms with Crippen molar-refractivity contribution < 1.29 is 21.6 Å². The number of hydrogen-bond acceptors (Lipinski definition) is 4. The van der Waals surface area contributed by atoms with Gasteiger partial charge in [0.2, 0.25) is 0 Å². The summed E-state index contributed by atoms with van der Waals surface area (Å²) in [7, 11) is -1.99. The molecule has 0 aliphatic carbocycles. The molecule has 1 aliphatic rings. The van der Waals surface area contributed by atoms with Crippen molar-refractivity contribution >= 4 is 10.0 Å². The molecule has 1 aliphatic heterocycles. The van der Waals surface area contributed by atoms with Crippen LogP contribution >= 0.6 is 0 Å². The van der Waals surface area contributed by atoms with Crippen LogP contribution in [0.15, 0.2) is 23.5 Å². The number of aryl methyl sites for hydroxylation is 2. The van der Waals surface area contributed by atoms with E-state index in [2.05, 4.69) is 9.97 Å². The minimum atomic E-state index is -4.47. The van der Waals surface area contributed by atoms with E-state index in [-0.39, 0.29) is 10.9 Å². The third kappa shape index (κ3) is 3.73. The molecule has 2 aromatic rings. The number of hydrogen-bond donors (Lipinski definition) is 0. The van der Waals surface area contributed by atoms with E-state index in [9.17, 15) is 21.6 Å². The van der Waals surface area contributed by atoms with Gasteiger partial charge in [-0.25, -0.2) is 13.4 Å². The van der Waals surface area contributed by atoms with Gasteiger partial charge in [0.1, 0.15) is 11.5 Å². The largest absolute Gasteiger partial charge is 0.433 e. The Bertz CT molecular complexity index is 946. The summed E-state index contributed by atoms with van der Waals surface area (Å²) >= 11 is 0. The van der Waals surface area contributed by atoms with Crippen molar-refractivity contribution in [3.05, 3.63) is 41.1 Å². The maximum atomic E-state index is 12.8. The van der Waals surface area contributed by atoms with Gasteiger partial charge in [-0.3, -0.25) is 4.98 Å². The van der Waals surface area contributed by atoms with Crippen LogP contribution < -0.4 is 0 Å². The summed E-state index contributed by atoms with van der Waals surface area (Å²) in [5, 5.41) is 0.144. The third-order valence-electron chi connectivity index (χ3n) is 5.12. The zero-order valence-corrected chi connectivity index (χ0v) is 16.1. The number of halogens is 3. The molecule has 0 N–H and O–H groups in total. The van der Waals surface area contributed by atoms with Crippen LogP contribution in [0.3, 0.4) is 0 Å². The van der Waals surface area contributed by atoms with Gasteiger partial charge >= 0.3 is 6.18 Å². The van der Waals surface area contributed by atoms with Crippen LogP contribution in [-0.4, -0.2) is 40.3 Å². The molecule has 0 aromatic carbocycles. The second-order valence-corrected chi connectivity index (χ2v) is 8.69. The van der Waals surface area contributed by atoms with E-state index in [1.54, 1.807) is 20.9 Å². The molecule has 2 aromatic heterocycles. The molecule has 3 heterocycles. The van der Waals surface area contributed by atoms with E-state index >= 15 is 0 Å². The Morgan fingerprint density at radius 2 is 1.74 bits per heavy atom. The third-order valence-corrected chi connectivity index (χ3v) is 7.07. The van der Waals surface area contributed by atoms with Crippen molar-refractivity contribution in [2.45, 2.75) is 43.8 Å². The highest BCUT2D eigenvalue weighted by molar-refractivity contribution is 7.89. The zero-order chi connectivity index (χ0) is 20.0. The molecule has 0 radical (unpaired) electrons. The van der Waals surface area contributed by atoms with Crippen molar-refractivity contribution in [2.75, 3.05) is 13.1 Å². The van der Waals surface area contributed by atoms with Crippen LogP contribution in [0.25, 0.3) is 0 Å². The fourth-order valence-electron chi connectivity index (χ4n) is 3.41. The van der Waals surface area contributed by atoms with E-state index in [4.69, 9.17) is 0 Å². The first kappa shape index (κ1) is 19.8. The number of nitrogens with zero attached hydrogens (tertiary/aromatic N) is 4. The molecule has 0 atom stereocenters. The first-order valence-electron chi connectivity index (χ1n) is 8.54. The molecule has 0 bridgehead atoms. The SMILES string of the molecule is Cc1cc(C(F)(F)F)ncc1C1CCN(S(=O)(=O)c2cnc(C)n2C)CC1. The van der Waals surface area contributed by atoms with Crippen molar-refractivity contribution in [3.63, 3.8) is 0 Å². The lowest BCUT2D eigenvalue weighted by atomic mass is 9.88. The predicted octanol–water partition coefficient (Wildman–Crippen LogP) is 3.02. The topological polar surface area (TPSA) is 68.1 Å². The van der Waals surface area contributed by atoms with Gasteiger partial charge in [0.05, 0.1) is 6.20 Å². The van der Waals surface area contributed by atoms with Gasteiger partial charge in [-0.2, -0.15) is 17.5 Å². The van der Waals surface area contributed by atoms with Gasteiger partial charge in [0, 0.05) is 26.3 Å². The predicted molar refractivity (Wildman–Crippen MR) is 92.7 cm³/mol. The maximum Gasteiger partial charge on any atom is 0.433 e. The molecule has 1 saturated heterocycles. The summed E-state index contributed by atoms with van der Waals surface area (Å²) in [5.74, 6) is 0.592. The number of aromatic nitrogens is 3. The molecule has 0 unspecified atom stereocenters. The van der Waals surface area contributed by atoms with Gasteiger partial charge in [-0.05, 0) is 49.8 Å². The lowest BCUT2D eigenvalue weighted by molar-refractivity contribution is -0.141. The molecule has 10 heteroatoms. The Hall–Kier alpha value is -1.94. The van der Waals surface area contributed by atoms with Crippen LogP contribution in [0.1, 0.15) is 41.4 Å². The maximum absolute atomic E-state index is 12.8. The Labute approximate surface area is 156 Å². The Morgan fingerprint density at radius 3 is 2.22 bits per heavy atom. The molecule has 148 valence electrons. The second kappa shape index (κ2) is 6.90. The number of imidazole rings is 1. The standard InChI is InChI=1S/C17H21F3N4O2S/c1-11-8-15(17(18,19)20)22-9-14(11)13-4-6-24(7-5-13)27(25,26)16-10-21-12(2)23(16)3/h8-10,13H,4-7H2,1-3H3. The van der Waals surface area contributed by atoms with Crippen molar-refractivity contribution in [1.29, 1.82) is 0 Å². The molecule has 0 amide bonds. The van der Waals surface area contributed by atoms with E-state index < -0.39 is 21.9 Å². The molecular weight excluding hydrogens is 381 g/mol. The van der Waals surface area contributed by atoms with Gasteiger partial charge in [0.25, 0.3) is 10.0 Å². The zero-order valence-electron chi connectivity index (χ0n) is 15.3. The Morgan fingerprint density at radius 1 is 1.11 bits per heavy atom. The summed E-state index contributed by atoms with van der Waals surface area (Å²) in [6.07, 6.45) is -0.784. The highest BCUT2D eigenvalue weighted by Gasteiger charge is 2.35. The lowest BCUT2D eigenvalue weighted by Gasteiger charge is -2.32. The number of pyridine rings is 1. The first-order valence-corrected chi connectivity index (χ1v) is 9.98. The number of sulfonamides is 1. The molecule has 27 heavy (non-hydrogen) atoms. The van der Waals surface area contributed by atoms with Crippen molar-refractivity contribution in [2.24, 2.45) is 7.05 Å². The number of rotatable bonds is 3.